The van der Waals surface area contributed by atoms with E-state index in [0.29, 0.717) is 15.7 Å². The van der Waals surface area contributed by atoms with E-state index in [-0.39, 0.29) is 6.61 Å². The fraction of sp³-hybridized carbons (Fsp3) is 0.111. The summed E-state index contributed by atoms with van der Waals surface area (Å²) in [4.78, 5) is 11.3. The molecule has 0 bridgehead atoms. The summed E-state index contributed by atoms with van der Waals surface area (Å²) in [6.45, 7) is -0.259. The number of nitrogens with two attached hydrogens (primary N) is 1. The maximum Gasteiger partial charge on any atom is 0.339 e. The van der Waals surface area contributed by atoms with Gasteiger partial charge in [-0.15, -0.1) is 0 Å². The Morgan fingerprint density at radius 1 is 1.57 bits per heavy atom. The molecule has 4 nitrogen and oxygen atoms in total. The summed E-state index contributed by atoms with van der Waals surface area (Å²) in [6.07, 6.45) is 0. The number of halogens is 1. The first-order valence-corrected chi connectivity index (χ1v) is 4.53. The molecule has 0 heterocycles. The number of carbonyl (C=O) groups is 1. The van der Waals surface area contributed by atoms with Gasteiger partial charge in [-0.25, -0.2) is 4.79 Å². The number of anilines is 1. The molecule has 1 aromatic rings. The zero-order valence-corrected chi connectivity index (χ0v) is 8.74. The van der Waals surface area contributed by atoms with Crippen LogP contribution in [0.4, 0.5) is 5.69 Å². The Kier molecular flexibility index (Phi) is 3.48. The minimum absolute atomic E-state index is 0.259. The molecule has 1 aromatic carbocycles. The van der Waals surface area contributed by atoms with Gasteiger partial charge in [-0.05, 0) is 18.2 Å². The number of rotatable bonds is 2. The molecule has 0 aliphatic rings. The molecule has 72 valence electrons. The third-order valence-corrected chi connectivity index (χ3v) is 1.88. The molecule has 0 saturated carbocycles. The number of esters is 1. The number of carbonyl (C=O) groups excluding carboxylic acids is 1. The topological polar surface area (TPSA) is 76.1 Å². The minimum Gasteiger partial charge on any atom is -0.447 e. The van der Waals surface area contributed by atoms with Crippen molar-refractivity contribution in [3.8, 4) is 6.07 Å². The van der Waals surface area contributed by atoms with Gasteiger partial charge in [0.1, 0.15) is 6.07 Å². The van der Waals surface area contributed by atoms with Crippen molar-refractivity contribution in [2.75, 3.05) is 12.3 Å². The van der Waals surface area contributed by atoms with E-state index in [1.165, 1.54) is 6.07 Å². The highest BCUT2D eigenvalue weighted by Crippen LogP contribution is 2.17. The molecule has 0 aromatic heterocycles. The number of nitrogen functional groups attached to an aromatic ring is 1. The molecule has 14 heavy (non-hydrogen) atoms. The van der Waals surface area contributed by atoms with Crippen LogP contribution in [-0.4, -0.2) is 12.6 Å². The third kappa shape index (κ3) is 2.75. The van der Waals surface area contributed by atoms with Gasteiger partial charge in [0.15, 0.2) is 6.61 Å². The van der Waals surface area contributed by atoms with Gasteiger partial charge < -0.3 is 10.5 Å². The lowest BCUT2D eigenvalue weighted by Gasteiger charge is -2.02. The standard InChI is InChI=1S/C9H7BrN2O2/c10-7-3-6(4-8(12)5-7)9(13)14-2-1-11/h3-5H,2,12H2. The largest absolute Gasteiger partial charge is 0.447 e. The van der Waals surface area contributed by atoms with Crippen LogP contribution in [-0.2, 0) is 4.74 Å². The van der Waals surface area contributed by atoms with Crippen LogP contribution in [0.3, 0.4) is 0 Å². The van der Waals surface area contributed by atoms with E-state index in [0.717, 1.165) is 0 Å². The van der Waals surface area contributed by atoms with Gasteiger partial charge in [-0.3, -0.25) is 0 Å². The molecule has 0 fully saturated rings. The molecular weight excluding hydrogens is 248 g/mol. The number of hydrogen-bond acceptors (Lipinski definition) is 4. The maximum absolute atomic E-state index is 11.3. The summed E-state index contributed by atoms with van der Waals surface area (Å²) in [5.74, 6) is -0.556. The summed E-state index contributed by atoms with van der Waals surface area (Å²) in [5, 5.41) is 8.21. The average molecular weight is 255 g/mol. The Bertz CT molecular complexity index is 378. The zero-order valence-electron chi connectivity index (χ0n) is 7.16. The normalized spacial score (nSPS) is 9.14. The lowest BCUT2D eigenvalue weighted by atomic mass is 10.2. The quantitative estimate of drug-likeness (QED) is 0.644. The summed E-state index contributed by atoms with van der Waals surface area (Å²) in [6, 6.07) is 6.45. The minimum atomic E-state index is -0.556. The first-order chi connectivity index (χ1) is 6.63. The van der Waals surface area contributed by atoms with E-state index in [2.05, 4.69) is 20.7 Å². The van der Waals surface area contributed by atoms with Crippen molar-refractivity contribution in [3.63, 3.8) is 0 Å². The van der Waals surface area contributed by atoms with Gasteiger partial charge in [-0.2, -0.15) is 5.26 Å². The van der Waals surface area contributed by atoms with Gasteiger partial charge in [-0.1, -0.05) is 15.9 Å². The van der Waals surface area contributed by atoms with Crippen molar-refractivity contribution in [1.29, 1.82) is 5.26 Å². The van der Waals surface area contributed by atoms with Crippen molar-refractivity contribution in [3.05, 3.63) is 28.2 Å². The maximum atomic E-state index is 11.3. The van der Waals surface area contributed by atoms with Crippen LogP contribution < -0.4 is 5.73 Å². The van der Waals surface area contributed by atoms with Gasteiger partial charge in [0.05, 0.1) is 5.56 Å². The number of nitriles is 1. The Morgan fingerprint density at radius 2 is 2.29 bits per heavy atom. The Morgan fingerprint density at radius 3 is 2.86 bits per heavy atom. The highest BCUT2D eigenvalue weighted by molar-refractivity contribution is 9.10. The summed E-state index contributed by atoms with van der Waals surface area (Å²) in [5.41, 5.74) is 6.31. The monoisotopic (exact) mass is 254 g/mol. The Labute approximate surface area is 89.4 Å². The van der Waals surface area contributed by atoms with E-state index >= 15 is 0 Å². The van der Waals surface area contributed by atoms with Crippen LogP contribution in [0.1, 0.15) is 10.4 Å². The van der Waals surface area contributed by atoms with Crippen LogP contribution >= 0.6 is 15.9 Å². The van der Waals surface area contributed by atoms with Crippen LogP contribution in [0, 0.1) is 11.3 Å². The first-order valence-electron chi connectivity index (χ1n) is 3.73. The predicted octanol–water partition coefficient (Wildman–Crippen LogP) is 1.71. The zero-order chi connectivity index (χ0) is 10.6. The van der Waals surface area contributed by atoms with Gasteiger partial charge in [0.2, 0.25) is 0 Å². The lowest BCUT2D eigenvalue weighted by Crippen LogP contribution is -2.05. The van der Waals surface area contributed by atoms with E-state index in [1.807, 2.05) is 0 Å². The van der Waals surface area contributed by atoms with Crippen molar-refractivity contribution < 1.29 is 9.53 Å². The average Bonchev–Trinajstić information content (AvgIpc) is 2.12. The van der Waals surface area contributed by atoms with Gasteiger partial charge in [0.25, 0.3) is 0 Å². The smallest absolute Gasteiger partial charge is 0.339 e. The molecule has 2 N–H and O–H groups in total. The van der Waals surface area contributed by atoms with Crippen molar-refractivity contribution in [2.45, 2.75) is 0 Å². The molecule has 1 rings (SSSR count). The van der Waals surface area contributed by atoms with E-state index in [4.69, 9.17) is 11.0 Å². The lowest BCUT2D eigenvalue weighted by molar-refractivity contribution is 0.0555. The van der Waals surface area contributed by atoms with Crippen LogP contribution in [0.15, 0.2) is 22.7 Å². The Hall–Kier alpha value is -1.54. The molecule has 0 aliphatic heterocycles. The summed E-state index contributed by atoms with van der Waals surface area (Å²) >= 11 is 3.20. The molecule has 0 atom stereocenters. The second kappa shape index (κ2) is 4.63. The molecular formula is C9H7BrN2O2. The number of ether oxygens (including phenoxy) is 1. The second-order valence-electron chi connectivity index (χ2n) is 2.51. The third-order valence-electron chi connectivity index (χ3n) is 1.42. The molecule has 0 unspecified atom stereocenters. The van der Waals surface area contributed by atoms with Crippen LogP contribution in [0.25, 0.3) is 0 Å². The Balaban J connectivity index is 2.85. The van der Waals surface area contributed by atoms with E-state index in [1.54, 1.807) is 18.2 Å². The predicted molar refractivity (Wildman–Crippen MR) is 54.4 cm³/mol. The molecule has 0 radical (unpaired) electrons. The second-order valence-corrected chi connectivity index (χ2v) is 3.42. The van der Waals surface area contributed by atoms with E-state index < -0.39 is 5.97 Å². The highest BCUT2D eigenvalue weighted by atomic mass is 79.9. The SMILES string of the molecule is N#CCOC(=O)c1cc(N)cc(Br)c1. The fourth-order valence-electron chi connectivity index (χ4n) is 0.911. The first kappa shape index (κ1) is 10.5. The van der Waals surface area contributed by atoms with Crippen LogP contribution in [0.5, 0.6) is 0 Å². The van der Waals surface area contributed by atoms with Crippen molar-refractivity contribution in [2.24, 2.45) is 0 Å². The number of hydrogen-bond donors (Lipinski definition) is 1. The van der Waals surface area contributed by atoms with Crippen LogP contribution in [0.2, 0.25) is 0 Å². The van der Waals surface area contributed by atoms with Crippen molar-refractivity contribution in [1.82, 2.24) is 0 Å². The molecule has 0 aliphatic carbocycles. The molecule has 0 spiro atoms. The van der Waals surface area contributed by atoms with E-state index in [9.17, 15) is 4.79 Å². The van der Waals surface area contributed by atoms with Gasteiger partial charge in [0, 0.05) is 10.2 Å². The van der Waals surface area contributed by atoms with Gasteiger partial charge >= 0.3 is 5.97 Å². The molecule has 5 heteroatoms. The number of benzene rings is 1. The number of nitrogens with zero attached hydrogens (tertiary/aromatic N) is 1. The summed E-state index contributed by atoms with van der Waals surface area (Å²) < 4.78 is 5.31. The highest BCUT2D eigenvalue weighted by Gasteiger charge is 2.07. The molecule has 0 saturated heterocycles. The molecule has 0 amide bonds. The summed E-state index contributed by atoms with van der Waals surface area (Å²) in [7, 11) is 0. The fourth-order valence-corrected chi connectivity index (χ4v) is 1.42. The van der Waals surface area contributed by atoms with Crippen molar-refractivity contribution >= 4 is 27.6 Å².